The van der Waals surface area contributed by atoms with E-state index >= 15 is 0 Å². The van der Waals surface area contributed by atoms with E-state index in [1.54, 1.807) is 13.0 Å². The number of anilines is 2. The number of carbonyl (C=O) groups is 1. The number of ether oxygens (including phenoxy) is 1. The predicted molar refractivity (Wildman–Crippen MR) is 97.3 cm³/mol. The predicted octanol–water partition coefficient (Wildman–Crippen LogP) is 3.22. The summed E-state index contributed by atoms with van der Waals surface area (Å²) in [5, 5.41) is 25.6. The molecule has 8 nitrogen and oxygen atoms in total. The fraction of sp³-hybridized carbons (Fsp3) is 0.222. The van der Waals surface area contributed by atoms with Crippen LogP contribution in [0, 0.1) is 28.4 Å². The van der Waals surface area contributed by atoms with Crippen LogP contribution in [-0.2, 0) is 4.79 Å². The maximum atomic E-state index is 12.4. The maximum absolute atomic E-state index is 12.4. The molecule has 0 fully saturated rings. The van der Waals surface area contributed by atoms with Gasteiger partial charge in [0, 0.05) is 12.1 Å². The summed E-state index contributed by atoms with van der Waals surface area (Å²) < 4.78 is 5.27. The molecule has 8 heteroatoms. The third-order valence-electron chi connectivity index (χ3n) is 3.71. The Morgan fingerprint density at radius 3 is 2.62 bits per heavy atom. The van der Waals surface area contributed by atoms with Gasteiger partial charge in [-0.1, -0.05) is 6.07 Å². The van der Waals surface area contributed by atoms with E-state index < -0.39 is 11.0 Å². The van der Waals surface area contributed by atoms with Gasteiger partial charge in [-0.25, -0.2) is 0 Å². The molecule has 2 aromatic carbocycles. The van der Waals surface area contributed by atoms with E-state index in [1.165, 1.54) is 19.2 Å². The molecule has 1 atom stereocenters. The number of non-ortho nitro benzene ring substituents is 1. The molecule has 0 saturated heterocycles. The van der Waals surface area contributed by atoms with Crippen molar-refractivity contribution in [2.24, 2.45) is 0 Å². The van der Waals surface area contributed by atoms with E-state index in [9.17, 15) is 14.9 Å². The average Bonchev–Trinajstić information content (AvgIpc) is 2.61. The van der Waals surface area contributed by atoms with Crippen molar-refractivity contribution in [2.75, 3.05) is 17.7 Å². The lowest BCUT2D eigenvalue weighted by Gasteiger charge is -2.18. The molecule has 0 aliphatic rings. The van der Waals surface area contributed by atoms with Crippen molar-refractivity contribution in [2.45, 2.75) is 19.9 Å². The van der Waals surface area contributed by atoms with Crippen LogP contribution in [0.3, 0.4) is 0 Å². The molecule has 26 heavy (non-hydrogen) atoms. The maximum Gasteiger partial charge on any atom is 0.270 e. The first-order valence-electron chi connectivity index (χ1n) is 7.76. The highest BCUT2D eigenvalue weighted by Crippen LogP contribution is 2.26. The summed E-state index contributed by atoms with van der Waals surface area (Å²) in [4.78, 5) is 22.6. The molecule has 1 amide bonds. The molecule has 2 aromatic rings. The Kier molecular flexibility index (Phi) is 5.75. The molecule has 0 spiro atoms. The first-order valence-corrected chi connectivity index (χ1v) is 7.76. The third kappa shape index (κ3) is 4.27. The molecule has 2 rings (SSSR count). The molecular weight excluding hydrogens is 336 g/mol. The van der Waals surface area contributed by atoms with E-state index in [0.29, 0.717) is 11.4 Å². The zero-order valence-electron chi connectivity index (χ0n) is 14.6. The van der Waals surface area contributed by atoms with E-state index in [2.05, 4.69) is 10.6 Å². The van der Waals surface area contributed by atoms with Gasteiger partial charge in [0.1, 0.15) is 17.9 Å². The van der Waals surface area contributed by atoms with Gasteiger partial charge in [-0.3, -0.25) is 14.9 Å². The van der Waals surface area contributed by atoms with Crippen molar-refractivity contribution < 1.29 is 14.5 Å². The Bertz CT molecular complexity index is 889. The van der Waals surface area contributed by atoms with Gasteiger partial charge in [-0.05, 0) is 37.6 Å². The van der Waals surface area contributed by atoms with Gasteiger partial charge in [0.05, 0.1) is 29.0 Å². The number of aryl methyl sites for hydroxylation is 1. The summed E-state index contributed by atoms with van der Waals surface area (Å²) in [5.74, 6) is 0.210. The fourth-order valence-electron chi connectivity index (χ4n) is 2.32. The molecule has 0 aliphatic carbocycles. The molecular formula is C18H18N4O4. The summed E-state index contributed by atoms with van der Waals surface area (Å²) in [6.07, 6.45) is 0. The Balaban J connectivity index is 2.16. The minimum atomic E-state index is -0.632. The lowest BCUT2D eigenvalue weighted by molar-refractivity contribution is -0.384. The minimum absolute atomic E-state index is 0.0212. The van der Waals surface area contributed by atoms with Crippen molar-refractivity contribution in [3.05, 3.63) is 57.6 Å². The summed E-state index contributed by atoms with van der Waals surface area (Å²) in [7, 11) is 1.54. The van der Waals surface area contributed by atoms with Gasteiger partial charge in [0.25, 0.3) is 5.69 Å². The Morgan fingerprint density at radius 2 is 2.00 bits per heavy atom. The summed E-state index contributed by atoms with van der Waals surface area (Å²) in [5.41, 5.74) is 1.69. The monoisotopic (exact) mass is 354 g/mol. The van der Waals surface area contributed by atoms with Crippen LogP contribution in [-0.4, -0.2) is 24.0 Å². The zero-order valence-corrected chi connectivity index (χ0v) is 14.6. The van der Waals surface area contributed by atoms with Crippen molar-refractivity contribution >= 4 is 23.0 Å². The van der Waals surface area contributed by atoms with Gasteiger partial charge in [0.15, 0.2) is 0 Å². The highest BCUT2D eigenvalue weighted by molar-refractivity contribution is 5.97. The molecule has 0 saturated carbocycles. The first kappa shape index (κ1) is 18.7. The smallest absolute Gasteiger partial charge is 0.270 e. The van der Waals surface area contributed by atoms with Crippen LogP contribution in [0.1, 0.15) is 18.1 Å². The number of nitro groups is 1. The molecule has 0 heterocycles. The summed E-state index contributed by atoms with van der Waals surface area (Å²) in [6.45, 7) is 3.58. The molecule has 2 N–H and O–H groups in total. The lowest BCUT2D eigenvalue weighted by Crippen LogP contribution is -2.32. The van der Waals surface area contributed by atoms with Crippen molar-refractivity contribution in [3.63, 3.8) is 0 Å². The van der Waals surface area contributed by atoms with Crippen LogP contribution >= 0.6 is 0 Å². The highest BCUT2D eigenvalue weighted by Gasteiger charge is 2.18. The van der Waals surface area contributed by atoms with Crippen molar-refractivity contribution in [1.82, 2.24) is 0 Å². The van der Waals surface area contributed by atoms with Crippen LogP contribution in [0.2, 0.25) is 0 Å². The number of carbonyl (C=O) groups excluding carboxylic acids is 1. The van der Waals surface area contributed by atoms with Crippen LogP contribution in [0.25, 0.3) is 0 Å². The van der Waals surface area contributed by atoms with E-state index in [-0.39, 0.29) is 22.8 Å². The number of nitrogens with one attached hydrogen (secondary N) is 2. The number of methoxy groups -OCH3 is 1. The lowest BCUT2D eigenvalue weighted by atomic mass is 10.1. The van der Waals surface area contributed by atoms with Gasteiger partial charge < -0.3 is 15.4 Å². The third-order valence-corrected chi connectivity index (χ3v) is 3.71. The Labute approximate surface area is 150 Å². The van der Waals surface area contributed by atoms with Gasteiger partial charge in [-0.2, -0.15) is 5.26 Å². The number of nitriles is 1. The van der Waals surface area contributed by atoms with Crippen LogP contribution in [0.4, 0.5) is 17.1 Å². The van der Waals surface area contributed by atoms with Crippen LogP contribution < -0.4 is 15.4 Å². The standard InChI is InChI=1S/C18H18N4O4/c1-11-4-7-17(26-3)16(8-11)20-12(2)18(23)21-15-6-5-14(22(24)25)9-13(15)10-19/h4-9,12,20H,1-3H3,(H,21,23)/t12-/m0/s1. The average molecular weight is 354 g/mol. The molecule has 0 aromatic heterocycles. The zero-order chi connectivity index (χ0) is 19.3. The molecule has 0 unspecified atom stereocenters. The minimum Gasteiger partial charge on any atom is -0.495 e. The number of hydrogen-bond acceptors (Lipinski definition) is 6. The SMILES string of the molecule is COc1ccc(C)cc1N[C@@H](C)C(=O)Nc1ccc([N+](=O)[O-])cc1C#N. The first-order chi connectivity index (χ1) is 12.3. The normalized spacial score (nSPS) is 11.2. The summed E-state index contributed by atoms with van der Waals surface area (Å²) in [6, 6.07) is 10.5. The van der Waals surface area contributed by atoms with Crippen molar-refractivity contribution in [3.8, 4) is 11.8 Å². The Morgan fingerprint density at radius 1 is 1.27 bits per heavy atom. The number of hydrogen-bond donors (Lipinski definition) is 2. The van der Waals surface area contributed by atoms with Crippen molar-refractivity contribution in [1.29, 1.82) is 5.26 Å². The quantitative estimate of drug-likeness (QED) is 0.607. The van der Waals surface area contributed by atoms with Gasteiger partial charge >= 0.3 is 0 Å². The van der Waals surface area contributed by atoms with Gasteiger partial charge in [-0.15, -0.1) is 0 Å². The highest BCUT2D eigenvalue weighted by atomic mass is 16.6. The number of nitrogens with zero attached hydrogens (tertiary/aromatic N) is 2. The topological polar surface area (TPSA) is 117 Å². The number of amides is 1. The van der Waals surface area contributed by atoms with Crippen LogP contribution in [0.5, 0.6) is 5.75 Å². The number of benzene rings is 2. The largest absolute Gasteiger partial charge is 0.495 e. The molecule has 0 aliphatic heterocycles. The number of rotatable bonds is 6. The molecule has 134 valence electrons. The fourth-order valence-corrected chi connectivity index (χ4v) is 2.32. The second kappa shape index (κ2) is 7.98. The summed E-state index contributed by atoms with van der Waals surface area (Å²) >= 11 is 0. The molecule has 0 bridgehead atoms. The van der Waals surface area contributed by atoms with E-state index in [4.69, 9.17) is 10.00 Å². The van der Waals surface area contributed by atoms with E-state index in [1.807, 2.05) is 25.1 Å². The van der Waals surface area contributed by atoms with Gasteiger partial charge in [0.2, 0.25) is 5.91 Å². The second-order valence-electron chi connectivity index (χ2n) is 5.66. The molecule has 0 radical (unpaired) electrons. The van der Waals surface area contributed by atoms with Crippen LogP contribution in [0.15, 0.2) is 36.4 Å². The number of nitro benzene ring substituents is 1. The Hall–Kier alpha value is -3.60. The van der Waals surface area contributed by atoms with E-state index in [0.717, 1.165) is 11.6 Å². The second-order valence-corrected chi connectivity index (χ2v) is 5.66.